The predicted octanol–water partition coefficient (Wildman–Crippen LogP) is 5.32. The third kappa shape index (κ3) is 4.56. The summed E-state index contributed by atoms with van der Waals surface area (Å²) in [6.07, 6.45) is 4.70. The van der Waals surface area contributed by atoms with Gasteiger partial charge in [0.1, 0.15) is 0 Å². The Morgan fingerprint density at radius 1 is 1.03 bits per heavy atom. The topological polar surface area (TPSA) is 70.2 Å². The van der Waals surface area contributed by atoms with Gasteiger partial charge in [0, 0.05) is 34.1 Å². The molecule has 1 aliphatic rings. The molecule has 2 aromatic carbocycles. The van der Waals surface area contributed by atoms with E-state index in [0.29, 0.717) is 10.6 Å². The zero-order chi connectivity index (χ0) is 22.2. The average molecular weight is 459 g/mol. The maximum Gasteiger partial charge on any atom is 0.252 e. The van der Waals surface area contributed by atoms with Gasteiger partial charge < -0.3 is 4.98 Å². The van der Waals surface area contributed by atoms with Gasteiger partial charge in [-0.1, -0.05) is 36.9 Å². The number of aromatic nitrogens is 1. The van der Waals surface area contributed by atoms with Gasteiger partial charge >= 0.3 is 0 Å². The molecule has 5 nitrogen and oxygen atoms in total. The zero-order valence-corrected chi connectivity index (χ0v) is 19.4. The maximum absolute atomic E-state index is 13.6. The van der Waals surface area contributed by atoms with Crippen molar-refractivity contribution in [1.82, 2.24) is 9.29 Å². The number of hydrogen-bond acceptors (Lipinski definition) is 3. The van der Waals surface area contributed by atoms with E-state index >= 15 is 0 Å². The van der Waals surface area contributed by atoms with Crippen LogP contribution in [0.15, 0.2) is 52.2 Å². The van der Waals surface area contributed by atoms with Crippen molar-refractivity contribution in [2.45, 2.75) is 63.4 Å². The number of H-pyrrole nitrogens is 1. The summed E-state index contributed by atoms with van der Waals surface area (Å²) in [5, 5.41) is 1.42. The molecule has 0 unspecified atom stereocenters. The predicted molar refractivity (Wildman–Crippen MR) is 125 cm³/mol. The molecular formula is C24H27ClN2O3S. The van der Waals surface area contributed by atoms with E-state index in [1.165, 1.54) is 16.4 Å². The van der Waals surface area contributed by atoms with Crippen LogP contribution in [0.5, 0.6) is 0 Å². The van der Waals surface area contributed by atoms with E-state index in [9.17, 15) is 13.2 Å². The summed E-state index contributed by atoms with van der Waals surface area (Å²) in [6.45, 7) is 4.04. The van der Waals surface area contributed by atoms with Gasteiger partial charge in [-0.15, -0.1) is 0 Å². The second kappa shape index (κ2) is 8.77. The number of hydrogen-bond donors (Lipinski definition) is 1. The maximum atomic E-state index is 13.6. The minimum Gasteiger partial charge on any atom is -0.322 e. The second-order valence-corrected chi connectivity index (χ2v) is 10.8. The molecule has 0 radical (unpaired) electrons. The number of nitrogens with zero attached hydrogens (tertiary/aromatic N) is 1. The summed E-state index contributed by atoms with van der Waals surface area (Å²) in [7, 11) is -3.78. The van der Waals surface area contributed by atoms with E-state index < -0.39 is 10.0 Å². The van der Waals surface area contributed by atoms with Crippen LogP contribution in [0.25, 0.3) is 10.9 Å². The Labute approximate surface area is 188 Å². The second-order valence-electron chi connectivity index (χ2n) is 8.46. The van der Waals surface area contributed by atoms with Gasteiger partial charge in [0.15, 0.2) is 0 Å². The first-order valence-corrected chi connectivity index (χ1v) is 12.5. The molecule has 1 heterocycles. The van der Waals surface area contributed by atoms with E-state index in [-0.39, 0.29) is 23.0 Å². The lowest BCUT2D eigenvalue weighted by molar-refractivity contribution is 0.247. The van der Waals surface area contributed by atoms with E-state index in [2.05, 4.69) is 11.1 Å². The van der Waals surface area contributed by atoms with Crippen molar-refractivity contribution in [3.05, 3.63) is 74.5 Å². The van der Waals surface area contributed by atoms with Gasteiger partial charge in [-0.05, 0) is 74.2 Å². The van der Waals surface area contributed by atoms with Gasteiger partial charge in [0.2, 0.25) is 10.0 Å². The molecule has 1 aliphatic carbocycles. The smallest absolute Gasteiger partial charge is 0.252 e. The molecule has 1 aromatic heterocycles. The summed E-state index contributed by atoms with van der Waals surface area (Å²) in [4.78, 5) is 16.0. The number of rotatable bonds is 5. The molecule has 1 fully saturated rings. The van der Waals surface area contributed by atoms with Crippen molar-refractivity contribution < 1.29 is 8.42 Å². The number of benzene rings is 2. The molecule has 164 valence electrons. The molecule has 1 saturated carbocycles. The summed E-state index contributed by atoms with van der Waals surface area (Å²) in [5.74, 6) is 0. The largest absolute Gasteiger partial charge is 0.322 e. The van der Waals surface area contributed by atoms with Crippen LogP contribution in [0, 0.1) is 13.8 Å². The quantitative estimate of drug-likeness (QED) is 0.562. The minimum atomic E-state index is -3.78. The van der Waals surface area contributed by atoms with Crippen molar-refractivity contribution in [1.29, 1.82) is 0 Å². The Hall–Kier alpha value is -2.15. The lowest BCUT2D eigenvalue weighted by Gasteiger charge is -2.33. The monoisotopic (exact) mass is 458 g/mol. The van der Waals surface area contributed by atoms with Gasteiger partial charge in [0.05, 0.1) is 4.90 Å². The standard InChI is InChI=1S/C24H27ClN2O3S/c1-16-12-17(2)22-14-18(24(28)26-23(22)13-16)15-27(20-6-4-3-5-7-20)31(29,30)21-10-8-19(25)9-11-21/h8-14,20H,3-7,15H2,1-2H3,(H,26,28). The van der Waals surface area contributed by atoms with Crippen molar-refractivity contribution in [3.63, 3.8) is 0 Å². The van der Waals surface area contributed by atoms with E-state index in [1.807, 2.05) is 26.0 Å². The first-order chi connectivity index (χ1) is 14.8. The molecule has 0 amide bonds. The van der Waals surface area contributed by atoms with Crippen LogP contribution in [0.4, 0.5) is 0 Å². The fourth-order valence-electron chi connectivity index (χ4n) is 4.52. The van der Waals surface area contributed by atoms with Crippen LogP contribution >= 0.6 is 11.6 Å². The van der Waals surface area contributed by atoms with E-state index in [4.69, 9.17) is 11.6 Å². The Bertz CT molecular complexity index is 1260. The number of fused-ring (bicyclic) bond motifs is 1. The SMILES string of the molecule is Cc1cc(C)c2cc(CN(C3CCCCC3)S(=O)(=O)c3ccc(Cl)cc3)c(=O)[nH]c2c1. The van der Waals surface area contributed by atoms with E-state index in [0.717, 1.165) is 54.1 Å². The fourth-order valence-corrected chi connectivity index (χ4v) is 6.31. The van der Waals surface area contributed by atoms with Crippen LogP contribution < -0.4 is 5.56 Å². The highest BCUT2D eigenvalue weighted by Crippen LogP contribution is 2.30. The lowest BCUT2D eigenvalue weighted by atomic mass is 9.95. The van der Waals surface area contributed by atoms with Gasteiger partial charge in [-0.25, -0.2) is 8.42 Å². The normalized spacial score (nSPS) is 15.6. The van der Waals surface area contributed by atoms with Crippen LogP contribution in [0.3, 0.4) is 0 Å². The van der Waals surface area contributed by atoms with Crippen LogP contribution in [0.2, 0.25) is 5.02 Å². The molecule has 0 bridgehead atoms. The molecule has 0 saturated heterocycles. The summed E-state index contributed by atoms with van der Waals surface area (Å²) >= 11 is 5.97. The molecule has 1 N–H and O–H groups in total. The Balaban J connectivity index is 1.79. The first-order valence-electron chi connectivity index (χ1n) is 10.7. The van der Waals surface area contributed by atoms with Crippen LogP contribution in [0.1, 0.15) is 48.8 Å². The summed E-state index contributed by atoms with van der Waals surface area (Å²) < 4.78 is 28.7. The molecule has 3 aromatic rings. The number of sulfonamides is 1. The van der Waals surface area contributed by atoms with Crippen molar-refractivity contribution >= 4 is 32.5 Å². The Morgan fingerprint density at radius 2 is 1.71 bits per heavy atom. The number of halogens is 1. The van der Waals surface area contributed by atoms with Crippen molar-refractivity contribution in [2.24, 2.45) is 0 Å². The van der Waals surface area contributed by atoms with E-state index in [1.54, 1.807) is 12.1 Å². The third-order valence-electron chi connectivity index (χ3n) is 6.12. The Morgan fingerprint density at radius 3 is 2.39 bits per heavy atom. The molecule has 7 heteroatoms. The number of aromatic amines is 1. The van der Waals surface area contributed by atoms with Crippen molar-refractivity contribution in [2.75, 3.05) is 0 Å². The Kier molecular flexibility index (Phi) is 6.24. The van der Waals surface area contributed by atoms with Gasteiger partial charge in [-0.3, -0.25) is 4.79 Å². The number of nitrogens with one attached hydrogen (secondary N) is 1. The number of aryl methyl sites for hydroxylation is 2. The highest BCUT2D eigenvalue weighted by atomic mass is 35.5. The average Bonchev–Trinajstić information content (AvgIpc) is 2.73. The molecule has 0 aliphatic heterocycles. The highest BCUT2D eigenvalue weighted by Gasteiger charge is 2.33. The van der Waals surface area contributed by atoms with Crippen LogP contribution in [-0.4, -0.2) is 23.7 Å². The fraction of sp³-hybridized carbons (Fsp3) is 0.375. The molecule has 4 rings (SSSR count). The van der Waals surface area contributed by atoms with Gasteiger partial charge in [0.25, 0.3) is 5.56 Å². The lowest BCUT2D eigenvalue weighted by Crippen LogP contribution is -2.42. The number of pyridine rings is 1. The molecule has 0 atom stereocenters. The minimum absolute atomic E-state index is 0.0498. The molecule has 31 heavy (non-hydrogen) atoms. The molecular weight excluding hydrogens is 432 g/mol. The first kappa shape index (κ1) is 22.1. The zero-order valence-electron chi connectivity index (χ0n) is 17.8. The van der Waals surface area contributed by atoms with Gasteiger partial charge in [-0.2, -0.15) is 4.31 Å². The highest BCUT2D eigenvalue weighted by molar-refractivity contribution is 7.89. The summed E-state index contributed by atoms with van der Waals surface area (Å²) in [6, 6.07) is 12.0. The van der Waals surface area contributed by atoms with Crippen molar-refractivity contribution in [3.8, 4) is 0 Å². The summed E-state index contributed by atoms with van der Waals surface area (Å²) in [5.41, 5.74) is 3.11. The third-order valence-corrected chi connectivity index (χ3v) is 8.28. The van der Waals surface area contributed by atoms with Crippen LogP contribution in [-0.2, 0) is 16.6 Å². The molecule has 0 spiro atoms.